The molecule has 1 aliphatic heterocycles. The van der Waals surface area contributed by atoms with Gasteiger partial charge in [-0.25, -0.2) is 0 Å². The fraction of sp³-hybridized carbons (Fsp3) is 0.222. The Morgan fingerprint density at radius 2 is 2.25 bits per heavy atom. The number of ether oxygens (including phenoxy) is 1. The van der Waals surface area contributed by atoms with Crippen LogP contribution in [0.3, 0.4) is 0 Å². The molecular formula is C9H9N3O4. The highest BCUT2D eigenvalue weighted by atomic mass is 16.5. The molecule has 0 spiro atoms. The third kappa shape index (κ3) is 1.62. The van der Waals surface area contributed by atoms with Gasteiger partial charge in [0.1, 0.15) is 6.67 Å². The molecule has 2 heterocycles. The zero-order chi connectivity index (χ0) is 11.7. The Labute approximate surface area is 90.0 Å². The normalized spacial score (nSPS) is 13.4. The van der Waals surface area contributed by atoms with Crippen LogP contribution in [0.4, 0.5) is 0 Å². The minimum absolute atomic E-state index is 0.00560. The Balaban J connectivity index is 2.61. The average Bonchev–Trinajstić information content (AvgIpc) is 2.22. The molecule has 0 bridgehead atoms. The van der Waals surface area contributed by atoms with Gasteiger partial charge in [-0.3, -0.25) is 19.1 Å². The summed E-state index contributed by atoms with van der Waals surface area (Å²) in [6.07, 6.45) is 1.41. The second-order valence-electron chi connectivity index (χ2n) is 3.16. The molecule has 7 nitrogen and oxygen atoms in total. The van der Waals surface area contributed by atoms with Crippen LogP contribution in [-0.2, 0) is 4.79 Å². The number of aromatic nitrogens is 1. The predicted octanol–water partition coefficient (Wildman–Crippen LogP) is -0.982. The highest BCUT2D eigenvalue weighted by Gasteiger charge is 2.23. The SMILES string of the molecule is CC(=O)Oc1c2n(ccc1=O)NCNC2=O. The van der Waals surface area contributed by atoms with Gasteiger partial charge in [-0.05, 0) is 0 Å². The van der Waals surface area contributed by atoms with Gasteiger partial charge < -0.3 is 15.5 Å². The van der Waals surface area contributed by atoms with Gasteiger partial charge in [0.05, 0.1) is 0 Å². The Hall–Kier alpha value is -2.31. The molecule has 0 radical (unpaired) electrons. The molecule has 0 aliphatic carbocycles. The van der Waals surface area contributed by atoms with Crippen molar-refractivity contribution in [1.82, 2.24) is 9.99 Å². The smallest absolute Gasteiger partial charge is 0.308 e. The molecule has 0 fully saturated rings. The number of amides is 1. The van der Waals surface area contributed by atoms with Crippen LogP contribution in [0, 0.1) is 0 Å². The van der Waals surface area contributed by atoms with E-state index in [2.05, 4.69) is 10.7 Å². The lowest BCUT2D eigenvalue weighted by Gasteiger charge is -2.22. The quantitative estimate of drug-likeness (QED) is 0.597. The van der Waals surface area contributed by atoms with Gasteiger partial charge in [0.15, 0.2) is 5.69 Å². The summed E-state index contributed by atoms with van der Waals surface area (Å²) < 4.78 is 6.09. The third-order valence-electron chi connectivity index (χ3n) is 2.01. The maximum Gasteiger partial charge on any atom is 0.308 e. The summed E-state index contributed by atoms with van der Waals surface area (Å²) in [7, 11) is 0. The molecule has 16 heavy (non-hydrogen) atoms. The number of carbonyl (C=O) groups excluding carboxylic acids is 2. The largest absolute Gasteiger partial charge is 0.420 e. The van der Waals surface area contributed by atoms with Crippen LogP contribution < -0.4 is 20.9 Å². The second-order valence-corrected chi connectivity index (χ2v) is 3.16. The van der Waals surface area contributed by atoms with Crippen LogP contribution >= 0.6 is 0 Å². The number of nitrogens with one attached hydrogen (secondary N) is 2. The highest BCUT2D eigenvalue weighted by Crippen LogP contribution is 2.13. The first kappa shape index (κ1) is 10.2. The van der Waals surface area contributed by atoms with E-state index in [4.69, 9.17) is 4.74 Å². The van der Waals surface area contributed by atoms with Gasteiger partial charge in [0.25, 0.3) is 5.91 Å². The zero-order valence-corrected chi connectivity index (χ0v) is 8.44. The molecule has 7 heteroatoms. The van der Waals surface area contributed by atoms with Gasteiger partial charge in [-0.2, -0.15) is 0 Å². The molecule has 0 saturated heterocycles. The molecule has 2 rings (SSSR count). The van der Waals surface area contributed by atoms with Crippen molar-refractivity contribution in [2.24, 2.45) is 0 Å². The van der Waals surface area contributed by atoms with E-state index in [-0.39, 0.29) is 18.1 Å². The van der Waals surface area contributed by atoms with Crippen LogP contribution in [0.25, 0.3) is 0 Å². The Bertz CT molecular complexity index is 520. The fourth-order valence-corrected chi connectivity index (χ4v) is 1.39. The van der Waals surface area contributed by atoms with Gasteiger partial charge in [-0.15, -0.1) is 0 Å². The first-order chi connectivity index (χ1) is 7.59. The summed E-state index contributed by atoms with van der Waals surface area (Å²) in [6, 6.07) is 1.22. The number of fused-ring (bicyclic) bond motifs is 1. The van der Waals surface area contributed by atoms with Crippen molar-refractivity contribution in [1.29, 1.82) is 0 Å². The molecule has 1 amide bonds. The number of nitrogens with zero attached hydrogens (tertiary/aromatic N) is 1. The van der Waals surface area contributed by atoms with Crippen molar-refractivity contribution >= 4 is 11.9 Å². The van der Waals surface area contributed by atoms with Crippen molar-refractivity contribution < 1.29 is 14.3 Å². The first-order valence-corrected chi connectivity index (χ1v) is 4.56. The van der Waals surface area contributed by atoms with E-state index in [1.807, 2.05) is 0 Å². The fourth-order valence-electron chi connectivity index (χ4n) is 1.39. The van der Waals surface area contributed by atoms with Gasteiger partial charge in [0, 0.05) is 19.2 Å². The number of pyridine rings is 1. The van der Waals surface area contributed by atoms with Crippen molar-refractivity contribution in [2.75, 3.05) is 12.1 Å². The standard InChI is InChI=1S/C9H9N3O4/c1-5(13)16-8-6(14)2-3-12-7(8)9(15)10-4-11-12/h2-3,11H,4H2,1H3,(H,10,15). The molecule has 2 N–H and O–H groups in total. The van der Waals surface area contributed by atoms with Gasteiger partial charge in [0.2, 0.25) is 11.2 Å². The van der Waals surface area contributed by atoms with Crippen molar-refractivity contribution in [3.8, 4) is 5.75 Å². The number of esters is 1. The average molecular weight is 223 g/mol. The van der Waals surface area contributed by atoms with Gasteiger partial charge >= 0.3 is 5.97 Å². The minimum atomic E-state index is -0.649. The van der Waals surface area contributed by atoms with E-state index < -0.39 is 17.3 Å². The van der Waals surface area contributed by atoms with Crippen molar-refractivity contribution in [3.05, 3.63) is 28.2 Å². The van der Waals surface area contributed by atoms with Crippen LogP contribution in [0.15, 0.2) is 17.1 Å². The van der Waals surface area contributed by atoms with E-state index in [1.165, 1.54) is 16.9 Å². The van der Waals surface area contributed by atoms with E-state index in [9.17, 15) is 14.4 Å². The molecule has 1 aromatic heterocycles. The lowest BCUT2D eigenvalue weighted by molar-refractivity contribution is -0.132. The van der Waals surface area contributed by atoms with Gasteiger partial charge in [-0.1, -0.05) is 0 Å². The summed E-state index contributed by atoms with van der Waals surface area (Å²) in [5.41, 5.74) is 2.27. The number of rotatable bonds is 1. The third-order valence-corrected chi connectivity index (χ3v) is 2.01. The maximum absolute atomic E-state index is 11.5. The summed E-state index contributed by atoms with van der Waals surface area (Å²) >= 11 is 0. The number of hydrogen-bond donors (Lipinski definition) is 2. The Morgan fingerprint density at radius 1 is 1.50 bits per heavy atom. The molecular weight excluding hydrogens is 214 g/mol. The van der Waals surface area contributed by atoms with Crippen LogP contribution in [0.1, 0.15) is 17.4 Å². The summed E-state index contributed by atoms with van der Waals surface area (Å²) in [5, 5.41) is 2.48. The molecule has 0 saturated carbocycles. The molecule has 1 aromatic rings. The van der Waals surface area contributed by atoms with E-state index in [0.29, 0.717) is 0 Å². The summed E-state index contributed by atoms with van der Waals surface area (Å²) in [6.45, 7) is 1.41. The van der Waals surface area contributed by atoms with Crippen molar-refractivity contribution in [3.63, 3.8) is 0 Å². The second kappa shape index (κ2) is 3.69. The molecule has 1 aliphatic rings. The molecule has 0 unspecified atom stereocenters. The lowest BCUT2D eigenvalue weighted by atomic mass is 10.3. The summed E-state index contributed by atoms with van der Waals surface area (Å²) in [4.78, 5) is 33.8. The Kier molecular flexibility index (Phi) is 2.35. The molecule has 0 atom stereocenters. The van der Waals surface area contributed by atoms with E-state index in [0.717, 1.165) is 6.92 Å². The van der Waals surface area contributed by atoms with E-state index >= 15 is 0 Å². The van der Waals surface area contributed by atoms with E-state index in [1.54, 1.807) is 0 Å². The summed E-state index contributed by atoms with van der Waals surface area (Å²) in [5.74, 6) is -1.38. The highest BCUT2D eigenvalue weighted by molar-refractivity contribution is 5.96. The predicted molar refractivity (Wildman–Crippen MR) is 53.7 cm³/mol. The Morgan fingerprint density at radius 3 is 2.94 bits per heavy atom. The van der Waals surface area contributed by atoms with Crippen LogP contribution in [-0.4, -0.2) is 23.2 Å². The maximum atomic E-state index is 11.5. The minimum Gasteiger partial charge on any atom is -0.420 e. The van der Waals surface area contributed by atoms with Crippen LogP contribution in [0.5, 0.6) is 5.75 Å². The molecule has 84 valence electrons. The lowest BCUT2D eigenvalue weighted by Crippen LogP contribution is -2.43. The zero-order valence-electron chi connectivity index (χ0n) is 8.44. The molecule has 0 aromatic carbocycles. The number of hydrogen-bond acceptors (Lipinski definition) is 5. The first-order valence-electron chi connectivity index (χ1n) is 4.56. The number of carbonyl (C=O) groups is 2. The monoisotopic (exact) mass is 223 g/mol. The van der Waals surface area contributed by atoms with Crippen LogP contribution in [0.2, 0.25) is 0 Å². The topological polar surface area (TPSA) is 89.4 Å². The van der Waals surface area contributed by atoms with Crippen molar-refractivity contribution in [2.45, 2.75) is 6.92 Å².